The molecule has 0 bridgehead atoms. The van der Waals surface area contributed by atoms with Crippen molar-refractivity contribution >= 4 is 0 Å². The lowest BCUT2D eigenvalue weighted by Crippen LogP contribution is -2.26. The lowest BCUT2D eigenvalue weighted by molar-refractivity contribution is 0.496. The van der Waals surface area contributed by atoms with Gasteiger partial charge in [-0.3, -0.25) is 4.68 Å². The molecule has 1 N–H and O–H groups in total. The van der Waals surface area contributed by atoms with Crippen LogP contribution in [0.2, 0.25) is 0 Å². The number of nitrogens with zero attached hydrogens (tertiary/aromatic N) is 2. The standard InChI is InChI=1S/C16H21F2N3/c1-4-8-21-15(6-7-20-21)16(19-5-2)12-9-11(3)13(17)10-14(12)18/h6-7,9-10,16,19H,4-5,8H2,1-3H3. The molecule has 0 amide bonds. The van der Waals surface area contributed by atoms with Gasteiger partial charge in [0.2, 0.25) is 0 Å². The number of hydrogen-bond donors (Lipinski definition) is 1. The van der Waals surface area contributed by atoms with Crippen molar-refractivity contribution in [2.75, 3.05) is 6.54 Å². The monoisotopic (exact) mass is 293 g/mol. The summed E-state index contributed by atoms with van der Waals surface area (Å²) >= 11 is 0. The number of hydrogen-bond acceptors (Lipinski definition) is 2. The van der Waals surface area contributed by atoms with Crippen LogP contribution in [0.3, 0.4) is 0 Å². The van der Waals surface area contributed by atoms with Crippen molar-refractivity contribution in [3.05, 3.63) is 52.9 Å². The third kappa shape index (κ3) is 3.29. The summed E-state index contributed by atoms with van der Waals surface area (Å²) in [4.78, 5) is 0. The van der Waals surface area contributed by atoms with Crippen molar-refractivity contribution in [1.29, 1.82) is 0 Å². The van der Waals surface area contributed by atoms with Crippen LogP contribution in [0.4, 0.5) is 8.78 Å². The fourth-order valence-electron chi connectivity index (χ4n) is 2.47. The third-order valence-electron chi connectivity index (χ3n) is 3.48. The molecule has 0 radical (unpaired) electrons. The summed E-state index contributed by atoms with van der Waals surface area (Å²) < 4.78 is 29.5. The Morgan fingerprint density at radius 1 is 1.24 bits per heavy atom. The van der Waals surface area contributed by atoms with Crippen molar-refractivity contribution < 1.29 is 8.78 Å². The average Bonchev–Trinajstić information content (AvgIpc) is 2.89. The topological polar surface area (TPSA) is 29.9 Å². The van der Waals surface area contributed by atoms with Gasteiger partial charge in [0.15, 0.2) is 0 Å². The first-order valence-corrected chi connectivity index (χ1v) is 7.29. The molecule has 1 heterocycles. The van der Waals surface area contributed by atoms with E-state index >= 15 is 0 Å². The predicted molar refractivity (Wildman–Crippen MR) is 79.1 cm³/mol. The Kier molecular flexibility index (Phi) is 5.07. The van der Waals surface area contributed by atoms with E-state index in [1.54, 1.807) is 19.2 Å². The third-order valence-corrected chi connectivity index (χ3v) is 3.48. The summed E-state index contributed by atoms with van der Waals surface area (Å²) in [6.45, 7) is 7.12. The average molecular weight is 293 g/mol. The molecule has 0 saturated heterocycles. The van der Waals surface area contributed by atoms with E-state index in [0.29, 0.717) is 17.7 Å². The highest BCUT2D eigenvalue weighted by Gasteiger charge is 2.21. The van der Waals surface area contributed by atoms with Crippen molar-refractivity contribution in [2.45, 2.75) is 39.8 Å². The Balaban J connectivity index is 2.48. The molecular formula is C16H21F2N3. The molecule has 0 aliphatic rings. The van der Waals surface area contributed by atoms with Gasteiger partial charge in [-0.15, -0.1) is 0 Å². The van der Waals surface area contributed by atoms with Crippen LogP contribution in [0.1, 0.15) is 43.1 Å². The summed E-state index contributed by atoms with van der Waals surface area (Å²) in [6, 6.07) is 4.07. The first kappa shape index (κ1) is 15.6. The quantitative estimate of drug-likeness (QED) is 0.882. The number of halogens is 2. The van der Waals surface area contributed by atoms with Gasteiger partial charge >= 0.3 is 0 Å². The summed E-state index contributed by atoms with van der Waals surface area (Å²) in [5.41, 5.74) is 1.79. The van der Waals surface area contributed by atoms with E-state index in [2.05, 4.69) is 17.3 Å². The van der Waals surface area contributed by atoms with Gasteiger partial charge in [-0.05, 0) is 37.6 Å². The second-order valence-electron chi connectivity index (χ2n) is 5.09. The number of aromatic nitrogens is 2. The SMILES string of the molecule is CCCn1nccc1C(NCC)c1cc(C)c(F)cc1F. The molecule has 3 nitrogen and oxygen atoms in total. The Morgan fingerprint density at radius 3 is 2.67 bits per heavy atom. The fraction of sp³-hybridized carbons (Fsp3) is 0.438. The van der Waals surface area contributed by atoms with Gasteiger partial charge in [-0.1, -0.05) is 13.8 Å². The van der Waals surface area contributed by atoms with E-state index in [-0.39, 0.29) is 6.04 Å². The van der Waals surface area contributed by atoms with Crippen LogP contribution in [-0.2, 0) is 6.54 Å². The smallest absolute Gasteiger partial charge is 0.131 e. The normalized spacial score (nSPS) is 12.6. The second-order valence-corrected chi connectivity index (χ2v) is 5.09. The van der Waals surface area contributed by atoms with Crippen LogP contribution in [0.25, 0.3) is 0 Å². The van der Waals surface area contributed by atoms with E-state index in [9.17, 15) is 8.78 Å². The zero-order valence-electron chi connectivity index (χ0n) is 12.7. The highest BCUT2D eigenvalue weighted by atomic mass is 19.1. The molecule has 0 aliphatic heterocycles. The Hall–Kier alpha value is -1.75. The first-order chi connectivity index (χ1) is 10.1. The van der Waals surface area contributed by atoms with E-state index in [0.717, 1.165) is 24.7 Å². The minimum atomic E-state index is -0.534. The molecule has 1 aromatic carbocycles. The summed E-state index contributed by atoms with van der Waals surface area (Å²) in [7, 11) is 0. The molecule has 1 unspecified atom stereocenters. The number of rotatable bonds is 6. The molecule has 21 heavy (non-hydrogen) atoms. The summed E-state index contributed by atoms with van der Waals surface area (Å²) in [6.07, 6.45) is 2.65. The van der Waals surface area contributed by atoms with E-state index in [1.165, 1.54) is 0 Å². The highest BCUT2D eigenvalue weighted by molar-refractivity contribution is 5.33. The number of aryl methyl sites for hydroxylation is 2. The largest absolute Gasteiger partial charge is 0.305 e. The maximum absolute atomic E-state index is 14.2. The summed E-state index contributed by atoms with van der Waals surface area (Å²) in [5.74, 6) is -1.05. The van der Waals surface area contributed by atoms with Gasteiger partial charge < -0.3 is 5.32 Å². The van der Waals surface area contributed by atoms with Gasteiger partial charge in [0.1, 0.15) is 11.6 Å². The van der Waals surface area contributed by atoms with Gasteiger partial charge in [-0.2, -0.15) is 5.10 Å². The van der Waals surface area contributed by atoms with Gasteiger partial charge in [0.25, 0.3) is 0 Å². The van der Waals surface area contributed by atoms with Crippen LogP contribution in [0.15, 0.2) is 24.4 Å². The molecule has 114 valence electrons. The van der Waals surface area contributed by atoms with Crippen molar-refractivity contribution in [1.82, 2.24) is 15.1 Å². The zero-order chi connectivity index (χ0) is 15.4. The first-order valence-electron chi connectivity index (χ1n) is 7.29. The van der Waals surface area contributed by atoms with Gasteiger partial charge in [-0.25, -0.2) is 8.78 Å². The van der Waals surface area contributed by atoms with E-state index in [1.807, 2.05) is 17.7 Å². The molecule has 0 aliphatic carbocycles. The van der Waals surface area contributed by atoms with Crippen molar-refractivity contribution in [3.63, 3.8) is 0 Å². The molecule has 1 atom stereocenters. The molecule has 0 spiro atoms. The Bertz CT molecular complexity index is 608. The maximum atomic E-state index is 14.2. The molecule has 5 heteroatoms. The molecule has 0 fully saturated rings. The lowest BCUT2D eigenvalue weighted by atomic mass is 10.00. The number of benzene rings is 1. The minimum Gasteiger partial charge on any atom is -0.305 e. The Morgan fingerprint density at radius 2 is 2.00 bits per heavy atom. The molecule has 1 aromatic heterocycles. The molecule has 2 aromatic rings. The molecule has 0 saturated carbocycles. The lowest BCUT2D eigenvalue weighted by Gasteiger charge is -2.21. The van der Waals surface area contributed by atoms with Crippen LogP contribution < -0.4 is 5.32 Å². The second kappa shape index (κ2) is 6.80. The number of nitrogens with one attached hydrogen (secondary N) is 1. The highest BCUT2D eigenvalue weighted by Crippen LogP contribution is 2.26. The van der Waals surface area contributed by atoms with Crippen LogP contribution >= 0.6 is 0 Å². The predicted octanol–water partition coefficient (Wildman–Crippen LogP) is 3.58. The van der Waals surface area contributed by atoms with Crippen molar-refractivity contribution in [3.8, 4) is 0 Å². The van der Waals surface area contributed by atoms with Crippen molar-refractivity contribution in [2.24, 2.45) is 0 Å². The van der Waals surface area contributed by atoms with Crippen LogP contribution in [0, 0.1) is 18.6 Å². The Labute approximate surface area is 124 Å². The molecular weight excluding hydrogens is 272 g/mol. The van der Waals surface area contributed by atoms with E-state index in [4.69, 9.17) is 0 Å². The van der Waals surface area contributed by atoms with Crippen LogP contribution in [0.5, 0.6) is 0 Å². The molecule has 2 rings (SSSR count). The fourth-order valence-corrected chi connectivity index (χ4v) is 2.47. The van der Waals surface area contributed by atoms with Crippen LogP contribution in [-0.4, -0.2) is 16.3 Å². The minimum absolute atomic E-state index is 0.330. The summed E-state index contributed by atoms with van der Waals surface area (Å²) in [5, 5.41) is 7.55. The maximum Gasteiger partial charge on any atom is 0.131 e. The van der Waals surface area contributed by atoms with E-state index < -0.39 is 11.6 Å². The van der Waals surface area contributed by atoms with Gasteiger partial charge in [0.05, 0.1) is 11.7 Å². The van der Waals surface area contributed by atoms with Gasteiger partial charge in [0, 0.05) is 24.4 Å². The zero-order valence-corrected chi connectivity index (χ0v) is 12.7.